The van der Waals surface area contributed by atoms with E-state index in [-0.39, 0.29) is 6.09 Å². The maximum absolute atomic E-state index is 12.2. The Kier molecular flexibility index (Phi) is 4.83. The minimum Gasteiger partial charge on any atom is -0.450 e. The van der Waals surface area contributed by atoms with Crippen molar-refractivity contribution in [3.63, 3.8) is 0 Å². The van der Waals surface area contributed by atoms with E-state index >= 15 is 0 Å². The summed E-state index contributed by atoms with van der Waals surface area (Å²) in [5.41, 5.74) is 5.99. The lowest BCUT2D eigenvalue weighted by Crippen LogP contribution is -2.37. The number of hydrogen-bond acceptors (Lipinski definition) is 4. The summed E-state index contributed by atoms with van der Waals surface area (Å²) in [6, 6.07) is 18.1. The van der Waals surface area contributed by atoms with Crippen LogP contribution in [0.2, 0.25) is 0 Å². The summed E-state index contributed by atoms with van der Waals surface area (Å²) in [4.78, 5) is 23.4. The van der Waals surface area contributed by atoms with Gasteiger partial charge in [-0.15, -0.1) is 0 Å². The third-order valence-electron chi connectivity index (χ3n) is 4.71. The van der Waals surface area contributed by atoms with E-state index in [9.17, 15) is 4.79 Å². The van der Waals surface area contributed by atoms with Crippen molar-refractivity contribution in [1.29, 1.82) is 0 Å². The lowest BCUT2D eigenvalue weighted by Gasteiger charge is -2.29. The van der Waals surface area contributed by atoms with E-state index in [2.05, 4.69) is 23.2 Å². The second-order valence-corrected chi connectivity index (χ2v) is 6.43. The van der Waals surface area contributed by atoms with Crippen LogP contribution >= 0.6 is 0 Å². The first-order chi connectivity index (χ1) is 13.3. The van der Waals surface area contributed by atoms with Gasteiger partial charge in [-0.2, -0.15) is 0 Å². The Balaban J connectivity index is 1.81. The second-order valence-electron chi connectivity index (χ2n) is 6.43. The first kappa shape index (κ1) is 17.2. The zero-order valence-corrected chi connectivity index (χ0v) is 15.3. The van der Waals surface area contributed by atoms with Gasteiger partial charge in [-0.05, 0) is 25.1 Å². The molecule has 1 aliphatic rings. The van der Waals surface area contributed by atoms with Gasteiger partial charge in [-0.3, -0.25) is 9.97 Å². The molecule has 0 atom stereocenters. The molecule has 4 rings (SSSR count). The number of aromatic nitrogens is 2. The van der Waals surface area contributed by atoms with Gasteiger partial charge in [-0.25, -0.2) is 4.79 Å². The summed E-state index contributed by atoms with van der Waals surface area (Å²) in [7, 11) is 0. The van der Waals surface area contributed by atoms with Crippen LogP contribution in [0.3, 0.4) is 0 Å². The Labute approximate surface area is 158 Å². The number of fused-ring (bicyclic) bond motifs is 1. The SMILES string of the molecule is CCOC(=O)N1CCc2nc(-c3ccccc3)cc(-c3ccccn3)c2C1. The molecule has 5 heteroatoms. The van der Waals surface area contributed by atoms with E-state index in [4.69, 9.17) is 9.72 Å². The lowest BCUT2D eigenvalue weighted by atomic mass is 9.95. The number of amides is 1. The lowest BCUT2D eigenvalue weighted by molar-refractivity contribution is 0.102. The van der Waals surface area contributed by atoms with E-state index < -0.39 is 0 Å². The quantitative estimate of drug-likeness (QED) is 0.699. The molecular formula is C22H21N3O2. The molecule has 0 saturated heterocycles. The van der Waals surface area contributed by atoms with E-state index in [1.165, 1.54) is 0 Å². The highest BCUT2D eigenvalue weighted by molar-refractivity contribution is 5.74. The summed E-state index contributed by atoms with van der Waals surface area (Å²) in [6.45, 7) is 3.30. The van der Waals surface area contributed by atoms with Crippen LogP contribution in [0, 0.1) is 0 Å². The summed E-state index contributed by atoms with van der Waals surface area (Å²) < 4.78 is 5.19. The zero-order chi connectivity index (χ0) is 18.6. The molecule has 0 fully saturated rings. The number of benzene rings is 1. The summed E-state index contributed by atoms with van der Waals surface area (Å²) >= 11 is 0. The minimum atomic E-state index is -0.276. The van der Waals surface area contributed by atoms with Crippen molar-refractivity contribution >= 4 is 6.09 Å². The smallest absolute Gasteiger partial charge is 0.410 e. The van der Waals surface area contributed by atoms with Crippen LogP contribution < -0.4 is 0 Å². The largest absolute Gasteiger partial charge is 0.450 e. The predicted octanol–water partition coefficient (Wildman–Crippen LogP) is 4.33. The molecule has 136 valence electrons. The van der Waals surface area contributed by atoms with E-state index in [0.29, 0.717) is 26.1 Å². The van der Waals surface area contributed by atoms with Gasteiger partial charge >= 0.3 is 6.09 Å². The molecule has 0 N–H and O–H groups in total. The Morgan fingerprint density at radius 3 is 2.67 bits per heavy atom. The highest BCUT2D eigenvalue weighted by Gasteiger charge is 2.26. The Morgan fingerprint density at radius 1 is 1.11 bits per heavy atom. The normalized spacial score (nSPS) is 13.1. The van der Waals surface area contributed by atoms with Crippen molar-refractivity contribution in [2.24, 2.45) is 0 Å². The molecule has 0 bridgehead atoms. The molecule has 1 aliphatic heterocycles. The van der Waals surface area contributed by atoms with E-state index in [1.807, 2.05) is 43.3 Å². The first-order valence-electron chi connectivity index (χ1n) is 9.17. The van der Waals surface area contributed by atoms with Crippen LogP contribution in [0.5, 0.6) is 0 Å². The molecule has 0 saturated carbocycles. The van der Waals surface area contributed by atoms with Crippen molar-refractivity contribution in [1.82, 2.24) is 14.9 Å². The maximum atomic E-state index is 12.2. The molecule has 1 amide bonds. The second kappa shape index (κ2) is 7.58. The molecule has 0 unspecified atom stereocenters. The zero-order valence-electron chi connectivity index (χ0n) is 15.3. The molecule has 0 spiro atoms. The predicted molar refractivity (Wildman–Crippen MR) is 104 cm³/mol. The molecule has 0 aliphatic carbocycles. The first-order valence-corrected chi connectivity index (χ1v) is 9.17. The standard InChI is InChI=1S/C22H21N3O2/c1-2-27-22(26)25-13-11-20-18(15-25)17(19-10-6-7-12-23-19)14-21(24-20)16-8-4-3-5-9-16/h3-10,12,14H,2,11,13,15H2,1H3. The fourth-order valence-corrected chi connectivity index (χ4v) is 3.40. The highest BCUT2D eigenvalue weighted by atomic mass is 16.6. The highest BCUT2D eigenvalue weighted by Crippen LogP contribution is 2.32. The van der Waals surface area contributed by atoms with Gasteiger partial charge in [0.1, 0.15) is 0 Å². The van der Waals surface area contributed by atoms with Crippen LogP contribution in [0.25, 0.3) is 22.5 Å². The van der Waals surface area contributed by atoms with Crippen LogP contribution in [0.1, 0.15) is 18.2 Å². The van der Waals surface area contributed by atoms with E-state index in [1.54, 1.807) is 11.1 Å². The molecular weight excluding hydrogens is 338 g/mol. The van der Waals surface area contributed by atoms with Crippen LogP contribution in [0.15, 0.2) is 60.8 Å². The van der Waals surface area contributed by atoms with Gasteiger partial charge in [0.25, 0.3) is 0 Å². The molecule has 3 heterocycles. The number of hydrogen-bond donors (Lipinski definition) is 0. The van der Waals surface area contributed by atoms with Gasteiger partial charge in [0, 0.05) is 41.5 Å². The van der Waals surface area contributed by atoms with E-state index in [0.717, 1.165) is 33.8 Å². The summed E-state index contributed by atoms with van der Waals surface area (Å²) in [5.74, 6) is 0. The number of ether oxygens (including phenoxy) is 1. The summed E-state index contributed by atoms with van der Waals surface area (Å²) in [6.07, 6.45) is 2.22. The molecule has 0 radical (unpaired) electrons. The van der Waals surface area contributed by atoms with Gasteiger partial charge in [-0.1, -0.05) is 36.4 Å². The average molecular weight is 359 g/mol. The molecule has 3 aromatic rings. The van der Waals surface area contributed by atoms with Crippen molar-refractivity contribution in [2.45, 2.75) is 19.9 Å². The van der Waals surface area contributed by atoms with Gasteiger partial charge < -0.3 is 9.64 Å². The number of carbonyl (C=O) groups is 1. The number of carbonyl (C=O) groups excluding carboxylic acids is 1. The number of pyridine rings is 2. The van der Waals surface area contributed by atoms with Crippen LogP contribution in [-0.2, 0) is 17.7 Å². The van der Waals surface area contributed by atoms with Crippen LogP contribution in [-0.4, -0.2) is 34.1 Å². The topological polar surface area (TPSA) is 55.3 Å². The summed E-state index contributed by atoms with van der Waals surface area (Å²) in [5, 5.41) is 0. The Bertz CT molecular complexity index is 943. The fourth-order valence-electron chi connectivity index (χ4n) is 3.40. The molecule has 5 nitrogen and oxygen atoms in total. The molecule has 2 aromatic heterocycles. The van der Waals surface area contributed by atoms with Crippen LogP contribution in [0.4, 0.5) is 4.79 Å². The number of nitrogens with zero attached hydrogens (tertiary/aromatic N) is 3. The fraction of sp³-hybridized carbons (Fsp3) is 0.227. The van der Waals surface area contributed by atoms with Crippen molar-refractivity contribution in [3.8, 4) is 22.5 Å². The molecule has 1 aromatic carbocycles. The third-order valence-corrected chi connectivity index (χ3v) is 4.71. The van der Waals surface area contributed by atoms with Gasteiger partial charge in [0.05, 0.1) is 24.5 Å². The third kappa shape index (κ3) is 3.53. The van der Waals surface area contributed by atoms with Crippen molar-refractivity contribution in [3.05, 3.63) is 72.1 Å². The van der Waals surface area contributed by atoms with Gasteiger partial charge in [0.15, 0.2) is 0 Å². The minimum absolute atomic E-state index is 0.276. The maximum Gasteiger partial charge on any atom is 0.410 e. The van der Waals surface area contributed by atoms with Crippen molar-refractivity contribution in [2.75, 3.05) is 13.2 Å². The number of rotatable bonds is 3. The van der Waals surface area contributed by atoms with Gasteiger partial charge in [0.2, 0.25) is 0 Å². The Morgan fingerprint density at radius 2 is 1.93 bits per heavy atom. The monoisotopic (exact) mass is 359 g/mol. The average Bonchev–Trinajstić information content (AvgIpc) is 2.74. The molecule has 27 heavy (non-hydrogen) atoms. The van der Waals surface area contributed by atoms with Crippen molar-refractivity contribution < 1.29 is 9.53 Å². The Hall–Kier alpha value is -3.21.